The smallest absolute Gasteiger partial charge is 0.407 e. The van der Waals surface area contributed by atoms with Gasteiger partial charge in [-0.3, -0.25) is 4.79 Å². The minimum Gasteiger partial charge on any atom is -0.444 e. The molecule has 0 saturated heterocycles. The summed E-state index contributed by atoms with van der Waals surface area (Å²) in [4.78, 5) is 28.9. The lowest BCUT2D eigenvalue weighted by Gasteiger charge is -2.26. The maximum atomic E-state index is 12.4. The number of alkyl carbamates (subject to hydrolysis) is 1. The standard InChI is InChI=1S/C22H31N3O3S/c1-14(2)18(25-21(27)28-22(4,5)6)12-23-19(26)11-17-13-29-20(24-17)16-9-7-15(3)8-10-16/h7-10,13-14,18H,11-12H2,1-6H3,(H,23,26)(H,25,27). The number of rotatable bonds is 7. The second-order valence-electron chi connectivity index (χ2n) is 8.49. The molecule has 0 aliphatic carbocycles. The van der Waals surface area contributed by atoms with Crippen molar-refractivity contribution in [2.45, 2.75) is 59.6 Å². The molecule has 29 heavy (non-hydrogen) atoms. The van der Waals surface area contributed by atoms with Crippen LogP contribution in [-0.2, 0) is 16.0 Å². The van der Waals surface area contributed by atoms with Crippen molar-refractivity contribution in [2.24, 2.45) is 5.92 Å². The largest absolute Gasteiger partial charge is 0.444 e. The summed E-state index contributed by atoms with van der Waals surface area (Å²) in [6, 6.07) is 7.95. The molecule has 0 fully saturated rings. The topological polar surface area (TPSA) is 80.3 Å². The Morgan fingerprint density at radius 2 is 1.83 bits per heavy atom. The van der Waals surface area contributed by atoms with Crippen molar-refractivity contribution in [2.75, 3.05) is 6.54 Å². The molecular weight excluding hydrogens is 386 g/mol. The SMILES string of the molecule is Cc1ccc(-c2nc(CC(=O)NCC(NC(=O)OC(C)(C)C)C(C)C)cs2)cc1. The molecular formula is C22H31N3O3S. The number of nitrogens with zero attached hydrogens (tertiary/aromatic N) is 1. The molecule has 1 unspecified atom stereocenters. The van der Waals surface area contributed by atoms with Crippen molar-refractivity contribution < 1.29 is 14.3 Å². The number of hydrogen-bond acceptors (Lipinski definition) is 5. The lowest BCUT2D eigenvalue weighted by Crippen LogP contribution is -2.48. The van der Waals surface area contributed by atoms with Gasteiger partial charge < -0.3 is 15.4 Å². The van der Waals surface area contributed by atoms with E-state index in [9.17, 15) is 9.59 Å². The highest BCUT2D eigenvalue weighted by Gasteiger charge is 2.22. The van der Waals surface area contributed by atoms with E-state index in [0.29, 0.717) is 6.54 Å². The third-order valence-corrected chi connectivity index (χ3v) is 5.16. The van der Waals surface area contributed by atoms with Crippen LogP contribution in [0.15, 0.2) is 29.6 Å². The van der Waals surface area contributed by atoms with Crippen LogP contribution in [0.2, 0.25) is 0 Å². The third kappa shape index (κ3) is 7.85. The van der Waals surface area contributed by atoms with Crippen molar-refractivity contribution in [1.82, 2.24) is 15.6 Å². The molecule has 7 heteroatoms. The predicted molar refractivity (Wildman–Crippen MR) is 117 cm³/mol. The van der Waals surface area contributed by atoms with Crippen molar-refractivity contribution in [3.05, 3.63) is 40.9 Å². The molecule has 1 atom stereocenters. The molecule has 0 radical (unpaired) electrons. The number of amides is 2. The number of aromatic nitrogens is 1. The van der Waals surface area contributed by atoms with Crippen LogP contribution >= 0.6 is 11.3 Å². The van der Waals surface area contributed by atoms with Gasteiger partial charge in [-0.05, 0) is 33.6 Å². The maximum Gasteiger partial charge on any atom is 0.407 e. The summed E-state index contributed by atoms with van der Waals surface area (Å²) in [5, 5.41) is 8.54. The molecule has 6 nitrogen and oxygen atoms in total. The fourth-order valence-corrected chi connectivity index (χ4v) is 3.41. The van der Waals surface area contributed by atoms with E-state index in [4.69, 9.17) is 4.74 Å². The monoisotopic (exact) mass is 417 g/mol. The summed E-state index contributed by atoms with van der Waals surface area (Å²) in [6.07, 6.45) is -0.271. The summed E-state index contributed by atoms with van der Waals surface area (Å²) in [5.74, 6) is 0.0256. The Morgan fingerprint density at radius 3 is 2.41 bits per heavy atom. The first-order valence-electron chi connectivity index (χ1n) is 9.81. The average Bonchev–Trinajstić information content (AvgIpc) is 3.05. The van der Waals surface area contributed by atoms with Crippen LogP contribution in [0.4, 0.5) is 4.79 Å². The Hall–Kier alpha value is -2.41. The molecule has 0 saturated carbocycles. The van der Waals surface area contributed by atoms with Gasteiger partial charge in [0.05, 0.1) is 18.2 Å². The Balaban J connectivity index is 1.87. The summed E-state index contributed by atoms with van der Waals surface area (Å²) in [7, 11) is 0. The number of carbonyl (C=O) groups is 2. The fourth-order valence-electron chi connectivity index (χ4n) is 2.58. The zero-order chi connectivity index (χ0) is 21.6. The highest BCUT2D eigenvalue weighted by molar-refractivity contribution is 7.13. The number of benzene rings is 1. The zero-order valence-electron chi connectivity index (χ0n) is 18.0. The van der Waals surface area contributed by atoms with E-state index in [1.165, 1.54) is 16.9 Å². The van der Waals surface area contributed by atoms with Gasteiger partial charge in [-0.15, -0.1) is 11.3 Å². The van der Waals surface area contributed by atoms with E-state index < -0.39 is 11.7 Å². The van der Waals surface area contributed by atoms with Gasteiger partial charge in [0, 0.05) is 17.5 Å². The molecule has 2 amide bonds. The van der Waals surface area contributed by atoms with Gasteiger partial charge in [-0.1, -0.05) is 43.7 Å². The van der Waals surface area contributed by atoms with Gasteiger partial charge in [0.2, 0.25) is 5.91 Å². The van der Waals surface area contributed by atoms with Gasteiger partial charge in [-0.25, -0.2) is 9.78 Å². The first-order valence-corrected chi connectivity index (χ1v) is 10.7. The second-order valence-corrected chi connectivity index (χ2v) is 9.35. The molecule has 1 aromatic carbocycles. The van der Waals surface area contributed by atoms with E-state index in [-0.39, 0.29) is 24.3 Å². The van der Waals surface area contributed by atoms with Crippen molar-refractivity contribution in [1.29, 1.82) is 0 Å². The summed E-state index contributed by atoms with van der Waals surface area (Å²) in [5.41, 5.74) is 2.43. The van der Waals surface area contributed by atoms with Crippen molar-refractivity contribution >= 4 is 23.3 Å². The molecule has 1 heterocycles. The molecule has 2 aromatic rings. The number of aryl methyl sites for hydroxylation is 1. The van der Waals surface area contributed by atoms with Crippen LogP contribution in [0.3, 0.4) is 0 Å². The number of carbonyl (C=O) groups excluding carboxylic acids is 2. The van der Waals surface area contributed by atoms with Crippen LogP contribution < -0.4 is 10.6 Å². The van der Waals surface area contributed by atoms with E-state index in [0.717, 1.165) is 16.3 Å². The van der Waals surface area contributed by atoms with E-state index in [2.05, 4.69) is 15.6 Å². The normalized spacial score (nSPS) is 12.5. The average molecular weight is 418 g/mol. The Bertz CT molecular complexity index is 823. The summed E-state index contributed by atoms with van der Waals surface area (Å²) in [6.45, 7) is 11.8. The second kappa shape index (κ2) is 9.87. The number of hydrogen-bond donors (Lipinski definition) is 2. The number of nitrogens with one attached hydrogen (secondary N) is 2. The van der Waals surface area contributed by atoms with Crippen molar-refractivity contribution in [3.8, 4) is 10.6 Å². The summed E-state index contributed by atoms with van der Waals surface area (Å²) < 4.78 is 5.30. The lowest BCUT2D eigenvalue weighted by molar-refractivity contribution is -0.120. The predicted octanol–water partition coefficient (Wildman–Crippen LogP) is 4.33. The van der Waals surface area contributed by atoms with Gasteiger partial charge in [0.15, 0.2) is 0 Å². The van der Waals surface area contributed by atoms with E-state index in [1.54, 1.807) is 0 Å². The van der Waals surface area contributed by atoms with E-state index in [1.807, 2.05) is 71.2 Å². The first-order chi connectivity index (χ1) is 13.5. The van der Waals surface area contributed by atoms with Crippen molar-refractivity contribution in [3.63, 3.8) is 0 Å². The first kappa shape index (κ1) is 22.9. The number of ether oxygens (including phenoxy) is 1. The maximum absolute atomic E-state index is 12.4. The van der Waals surface area contributed by atoms with Gasteiger partial charge in [0.25, 0.3) is 0 Å². The molecule has 2 N–H and O–H groups in total. The third-order valence-electron chi connectivity index (χ3n) is 4.22. The molecule has 1 aromatic heterocycles. The highest BCUT2D eigenvalue weighted by Crippen LogP contribution is 2.24. The number of thiazole rings is 1. The fraction of sp³-hybridized carbons (Fsp3) is 0.500. The molecule has 0 aliphatic heterocycles. The van der Waals surface area contributed by atoms with Crippen LogP contribution in [0.1, 0.15) is 45.9 Å². The van der Waals surface area contributed by atoms with Gasteiger partial charge >= 0.3 is 6.09 Å². The van der Waals surface area contributed by atoms with E-state index >= 15 is 0 Å². The molecule has 0 spiro atoms. The molecule has 2 rings (SSSR count). The Labute approximate surface area is 177 Å². The summed E-state index contributed by atoms with van der Waals surface area (Å²) >= 11 is 1.53. The van der Waals surface area contributed by atoms with Gasteiger partial charge in [0.1, 0.15) is 10.6 Å². The van der Waals surface area contributed by atoms with Crippen LogP contribution in [-0.4, -0.2) is 35.2 Å². The zero-order valence-corrected chi connectivity index (χ0v) is 18.9. The van der Waals surface area contributed by atoms with Crippen LogP contribution in [0.5, 0.6) is 0 Å². The van der Waals surface area contributed by atoms with Gasteiger partial charge in [-0.2, -0.15) is 0 Å². The quantitative estimate of drug-likeness (QED) is 0.703. The lowest BCUT2D eigenvalue weighted by atomic mass is 10.0. The van der Waals surface area contributed by atoms with Crippen LogP contribution in [0, 0.1) is 12.8 Å². The Morgan fingerprint density at radius 1 is 1.17 bits per heavy atom. The highest BCUT2D eigenvalue weighted by atomic mass is 32.1. The minimum absolute atomic E-state index is 0.123. The molecule has 158 valence electrons. The Kier molecular flexibility index (Phi) is 7.79. The molecule has 0 aliphatic rings. The minimum atomic E-state index is -0.561. The van der Waals surface area contributed by atoms with Crippen LogP contribution in [0.25, 0.3) is 10.6 Å². The molecule has 0 bridgehead atoms.